The third kappa shape index (κ3) is 67.5. The quantitative estimate of drug-likeness (QED) is 0.0261. The molecule has 0 saturated heterocycles. The lowest BCUT2D eigenvalue weighted by Gasteiger charge is -2.18. The van der Waals surface area contributed by atoms with Gasteiger partial charge >= 0.3 is 17.9 Å². The molecular formula is C75H134O6. The summed E-state index contributed by atoms with van der Waals surface area (Å²) in [5.74, 6) is -0.877. The smallest absolute Gasteiger partial charge is 0.306 e. The van der Waals surface area contributed by atoms with Crippen molar-refractivity contribution < 1.29 is 28.6 Å². The minimum absolute atomic E-state index is 0.0790. The van der Waals surface area contributed by atoms with Gasteiger partial charge in [-0.2, -0.15) is 0 Å². The zero-order valence-electron chi connectivity index (χ0n) is 54.1. The zero-order valence-corrected chi connectivity index (χ0v) is 54.1. The summed E-state index contributed by atoms with van der Waals surface area (Å²) in [6.45, 7) is 6.57. The number of ether oxygens (including phenoxy) is 3. The monoisotopic (exact) mass is 1130 g/mol. The van der Waals surface area contributed by atoms with Crippen molar-refractivity contribution in [3.05, 3.63) is 72.9 Å². The summed E-state index contributed by atoms with van der Waals surface area (Å²) in [5, 5.41) is 0. The van der Waals surface area contributed by atoms with Crippen LogP contribution in [-0.4, -0.2) is 37.2 Å². The molecular weight excluding hydrogens is 997 g/mol. The first-order valence-corrected chi connectivity index (χ1v) is 35.4. The van der Waals surface area contributed by atoms with Crippen LogP contribution in [0.5, 0.6) is 0 Å². The number of unbranched alkanes of at least 4 members (excludes halogenated alkanes) is 42. The Balaban J connectivity index is 4.34. The molecule has 470 valence electrons. The van der Waals surface area contributed by atoms with Gasteiger partial charge in [-0.15, -0.1) is 0 Å². The molecule has 1 atom stereocenters. The van der Waals surface area contributed by atoms with E-state index in [9.17, 15) is 14.4 Å². The maximum atomic E-state index is 13.0. The standard InChI is InChI=1S/C75H134O6/c1-4-7-10-13-16-19-22-25-28-31-33-35-37-39-40-42-44-47-50-53-56-59-62-65-68-74(77)80-71-72(70-79-73(76)67-64-61-58-55-52-49-46-30-27-24-21-18-15-12-9-6-3)81-75(78)69-66-63-60-57-54-51-48-45-43-41-38-36-34-32-29-26-23-20-17-14-11-8-5-2/h8,11,17,20,26,29-30,34,36,41,43,46,72H,4-7,9-10,12-16,18-19,21-25,27-28,31-33,35,37-40,42,44-45,47-71H2,1-3H3/b11-8-,20-17-,29-26-,36-34-,43-41-,46-30-. The summed E-state index contributed by atoms with van der Waals surface area (Å²) in [6.07, 6.45) is 90.7. The van der Waals surface area contributed by atoms with Crippen LogP contribution < -0.4 is 0 Å². The van der Waals surface area contributed by atoms with E-state index >= 15 is 0 Å². The minimum atomic E-state index is -0.786. The average Bonchev–Trinajstić information content (AvgIpc) is 3.47. The number of hydrogen-bond acceptors (Lipinski definition) is 6. The van der Waals surface area contributed by atoms with Crippen LogP contribution in [0.25, 0.3) is 0 Å². The lowest BCUT2D eigenvalue weighted by Crippen LogP contribution is -2.30. The fourth-order valence-corrected chi connectivity index (χ4v) is 10.4. The summed E-state index contributed by atoms with van der Waals surface area (Å²) in [6, 6.07) is 0. The maximum absolute atomic E-state index is 13.0. The first kappa shape index (κ1) is 77.9. The third-order valence-corrected chi connectivity index (χ3v) is 15.7. The Labute approximate surface area is 503 Å². The molecule has 6 nitrogen and oxygen atoms in total. The lowest BCUT2D eigenvalue weighted by molar-refractivity contribution is -0.167. The van der Waals surface area contributed by atoms with Crippen LogP contribution in [0.2, 0.25) is 0 Å². The molecule has 0 fully saturated rings. The molecule has 0 amide bonds. The highest BCUT2D eigenvalue weighted by atomic mass is 16.6. The van der Waals surface area contributed by atoms with Crippen molar-refractivity contribution in [3.8, 4) is 0 Å². The van der Waals surface area contributed by atoms with Crippen LogP contribution in [0.4, 0.5) is 0 Å². The fraction of sp³-hybridized carbons (Fsp3) is 0.800. The van der Waals surface area contributed by atoms with Gasteiger partial charge in [0.25, 0.3) is 0 Å². The molecule has 0 aromatic carbocycles. The van der Waals surface area contributed by atoms with Crippen LogP contribution in [0.15, 0.2) is 72.9 Å². The Morgan fingerprint density at radius 1 is 0.259 bits per heavy atom. The second kappa shape index (κ2) is 69.3. The van der Waals surface area contributed by atoms with Crippen molar-refractivity contribution in [2.24, 2.45) is 0 Å². The van der Waals surface area contributed by atoms with E-state index in [2.05, 4.69) is 93.7 Å². The lowest BCUT2D eigenvalue weighted by atomic mass is 10.0. The van der Waals surface area contributed by atoms with Gasteiger partial charge in [-0.1, -0.05) is 331 Å². The van der Waals surface area contributed by atoms with Crippen LogP contribution in [0.1, 0.15) is 367 Å². The molecule has 0 aliphatic heterocycles. The molecule has 0 aliphatic rings. The second-order valence-electron chi connectivity index (χ2n) is 23.8. The van der Waals surface area contributed by atoms with E-state index in [4.69, 9.17) is 14.2 Å². The maximum Gasteiger partial charge on any atom is 0.306 e. The number of carbonyl (C=O) groups is 3. The molecule has 0 bridgehead atoms. The zero-order chi connectivity index (χ0) is 58.5. The second-order valence-corrected chi connectivity index (χ2v) is 23.8. The van der Waals surface area contributed by atoms with Gasteiger partial charge in [0.05, 0.1) is 0 Å². The Kier molecular flexibility index (Phi) is 66.6. The predicted molar refractivity (Wildman–Crippen MR) is 353 cm³/mol. The van der Waals surface area contributed by atoms with Crippen molar-refractivity contribution in [2.45, 2.75) is 374 Å². The van der Waals surface area contributed by atoms with Gasteiger partial charge in [0, 0.05) is 19.3 Å². The minimum Gasteiger partial charge on any atom is -0.462 e. The third-order valence-electron chi connectivity index (χ3n) is 15.7. The molecule has 0 aromatic heterocycles. The van der Waals surface area contributed by atoms with Gasteiger partial charge in [0.1, 0.15) is 13.2 Å². The Morgan fingerprint density at radius 2 is 0.481 bits per heavy atom. The molecule has 0 heterocycles. The van der Waals surface area contributed by atoms with Crippen LogP contribution in [0.3, 0.4) is 0 Å². The number of esters is 3. The highest BCUT2D eigenvalue weighted by molar-refractivity contribution is 5.71. The van der Waals surface area contributed by atoms with Crippen molar-refractivity contribution in [1.82, 2.24) is 0 Å². The topological polar surface area (TPSA) is 78.9 Å². The molecule has 0 radical (unpaired) electrons. The summed E-state index contributed by atoms with van der Waals surface area (Å²) in [5.41, 5.74) is 0. The van der Waals surface area contributed by atoms with Gasteiger partial charge in [-0.05, 0) is 89.9 Å². The predicted octanol–water partition coefficient (Wildman–Crippen LogP) is 24.4. The molecule has 0 N–H and O–H groups in total. The van der Waals surface area contributed by atoms with Crippen molar-refractivity contribution >= 4 is 17.9 Å². The molecule has 0 rings (SSSR count). The molecule has 1 unspecified atom stereocenters. The van der Waals surface area contributed by atoms with E-state index < -0.39 is 6.10 Å². The van der Waals surface area contributed by atoms with Gasteiger partial charge in [-0.3, -0.25) is 14.4 Å². The number of hydrogen-bond donors (Lipinski definition) is 0. The fourth-order valence-electron chi connectivity index (χ4n) is 10.4. The SMILES string of the molecule is CC/C=C\C/C=C\C/C=C\C/C=C\C/C=C\CCCCCCCCCC(=O)OC(COC(=O)CCCCCCC/C=C\CCCCCCCCC)COC(=O)CCCCCCCCCCCCCCCCCCCCCCCCCC. The van der Waals surface area contributed by atoms with Gasteiger partial charge < -0.3 is 14.2 Å². The van der Waals surface area contributed by atoms with Crippen molar-refractivity contribution in [3.63, 3.8) is 0 Å². The molecule has 0 spiro atoms. The highest BCUT2D eigenvalue weighted by Gasteiger charge is 2.19. The Morgan fingerprint density at radius 3 is 0.765 bits per heavy atom. The normalized spacial score (nSPS) is 12.5. The summed E-state index contributed by atoms with van der Waals surface area (Å²) < 4.78 is 17.0. The molecule has 0 aromatic rings. The first-order valence-electron chi connectivity index (χ1n) is 35.4. The van der Waals surface area contributed by atoms with Crippen molar-refractivity contribution in [2.75, 3.05) is 13.2 Å². The summed E-state index contributed by atoms with van der Waals surface area (Å²) >= 11 is 0. The van der Waals surface area contributed by atoms with E-state index in [1.807, 2.05) is 0 Å². The first-order chi connectivity index (χ1) is 40.0. The van der Waals surface area contributed by atoms with E-state index in [1.54, 1.807) is 0 Å². The molecule has 6 heteroatoms. The van der Waals surface area contributed by atoms with Gasteiger partial charge in [0.2, 0.25) is 0 Å². The Bertz CT molecular complexity index is 1490. The van der Waals surface area contributed by atoms with Gasteiger partial charge in [0.15, 0.2) is 6.10 Å². The van der Waals surface area contributed by atoms with E-state index in [0.29, 0.717) is 19.3 Å². The molecule has 0 aliphatic carbocycles. The van der Waals surface area contributed by atoms with Crippen molar-refractivity contribution in [1.29, 1.82) is 0 Å². The van der Waals surface area contributed by atoms with E-state index in [0.717, 1.165) is 103 Å². The van der Waals surface area contributed by atoms with E-state index in [-0.39, 0.29) is 31.1 Å². The highest BCUT2D eigenvalue weighted by Crippen LogP contribution is 2.18. The van der Waals surface area contributed by atoms with Gasteiger partial charge in [-0.25, -0.2) is 0 Å². The number of rotatable bonds is 65. The molecule has 0 saturated carbocycles. The van der Waals surface area contributed by atoms with Crippen LogP contribution >= 0.6 is 0 Å². The summed E-state index contributed by atoms with van der Waals surface area (Å²) in [7, 11) is 0. The molecule has 81 heavy (non-hydrogen) atoms. The van der Waals surface area contributed by atoms with E-state index in [1.165, 1.54) is 225 Å². The largest absolute Gasteiger partial charge is 0.462 e. The van der Waals surface area contributed by atoms with Crippen LogP contribution in [-0.2, 0) is 28.6 Å². The van der Waals surface area contributed by atoms with Crippen LogP contribution in [0, 0.1) is 0 Å². The summed E-state index contributed by atoms with van der Waals surface area (Å²) in [4.78, 5) is 38.5. The number of allylic oxidation sites excluding steroid dienone is 12. The number of carbonyl (C=O) groups excluding carboxylic acids is 3. The Hall–Kier alpha value is -3.15. The average molecular weight is 1130 g/mol.